The van der Waals surface area contributed by atoms with Crippen LogP contribution < -0.4 is 0 Å². The molecule has 2 amide bonds. The van der Waals surface area contributed by atoms with Gasteiger partial charge in [0.1, 0.15) is 0 Å². The summed E-state index contributed by atoms with van der Waals surface area (Å²) in [5, 5.41) is 13.2. The molecule has 2 aliphatic rings. The molecule has 0 radical (unpaired) electrons. The summed E-state index contributed by atoms with van der Waals surface area (Å²) < 4.78 is 0. The quantitative estimate of drug-likeness (QED) is 0.389. The number of nitro benzene ring substituents is 1. The fourth-order valence-corrected chi connectivity index (χ4v) is 6.07. The zero-order valence-electron chi connectivity index (χ0n) is 20.1. The van der Waals surface area contributed by atoms with E-state index >= 15 is 0 Å². The van der Waals surface area contributed by atoms with Gasteiger partial charge in [-0.2, -0.15) is 0 Å². The molecule has 8 nitrogen and oxygen atoms in total. The maximum atomic E-state index is 13.4. The van der Waals surface area contributed by atoms with Crippen molar-refractivity contribution in [2.24, 2.45) is 0 Å². The van der Waals surface area contributed by atoms with Gasteiger partial charge in [-0.25, -0.2) is 0 Å². The van der Waals surface area contributed by atoms with E-state index < -0.39 is 4.92 Å². The van der Waals surface area contributed by atoms with E-state index in [0.29, 0.717) is 38.3 Å². The summed E-state index contributed by atoms with van der Waals surface area (Å²) >= 11 is 1.79. The van der Waals surface area contributed by atoms with Crippen molar-refractivity contribution in [2.75, 3.05) is 39.3 Å². The highest BCUT2D eigenvalue weighted by Gasteiger charge is 2.33. The van der Waals surface area contributed by atoms with Crippen LogP contribution in [-0.2, 0) is 11.2 Å². The lowest BCUT2D eigenvalue weighted by Crippen LogP contribution is -2.53. The number of piperazine rings is 1. The number of hydrogen-bond acceptors (Lipinski definition) is 6. The van der Waals surface area contributed by atoms with E-state index in [0.717, 1.165) is 13.0 Å². The second kappa shape index (κ2) is 10.2. The molecule has 186 valence electrons. The molecule has 3 heterocycles. The minimum absolute atomic E-state index is 0.0573. The van der Waals surface area contributed by atoms with Crippen molar-refractivity contribution < 1.29 is 14.5 Å². The van der Waals surface area contributed by atoms with Crippen molar-refractivity contribution in [3.05, 3.63) is 97.2 Å². The number of hydrogen-bond donors (Lipinski definition) is 0. The number of thiophene rings is 1. The largest absolute Gasteiger partial charge is 0.338 e. The molecule has 2 aromatic carbocycles. The number of carbonyl (C=O) groups excluding carboxylic acids is 2. The first-order valence-electron chi connectivity index (χ1n) is 12.1. The third-order valence-corrected chi connectivity index (χ3v) is 8.11. The Hall–Kier alpha value is -3.56. The van der Waals surface area contributed by atoms with Crippen molar-refractivity contribution >= 4 is 28.8 Å². The molecule has 9 heteroatoms. The smallest absolute Gasteiger partial charge is 0.270 e. The van der Waals surface area contributed by atoms with Gasteiger partial charge < -0.3 is 9.80 Å². The lowest BCUT2D eigenvalue weighted by Gasteiger charge is -2.39. The van der Waals surface area contributed by atoms with Crippen LogP contribution in [0.1, 0.15) is 38.0 Å². The molecule has 1 atom stereocenters. The molecule has 3 aromatic rings. The molecule has 0 bridgehead atoms. The van der Waals surface area contributed by atoms with Crippen molar-refractivity contribution in [1.82, 2.24) is 14.7 Å². The number of aryl methyl sites for hydroxylation is 1. The first kappa shape index (κ1) is 24.1. The Morgan fingerprint density at radius 3 is 2.47 bits per heavy atom. The first-order valence-corrected chi connectivity index (χ1v) is 13.0. The van der Waals surface area contributed by atoms with Gasteiger partial charge in [-0.15, -0.1) is 11.3 Å². The molecule has 1 saturated heterocycles. The highest BCUT2D eigenvalue weighted by molar-refractivity contribution is 7.10. The van der Waals surface area contributed by atoms with Crippen LogP contribution in [0.15, 0.2) is 60.0 Å². The van der Waals surface area contributed by atoms with Crippen LogP contribution in [0.25, 0.3) is 0 Å². The predicted octanol–water partition coefficient (Wildman–Crippen LogP) is 3.90. The number of nitrogens with zero attached hydrogens (tertiary/aromatic N) is 4. The summed E-state index contributed by atoms with van der Waals surface area (Å²) in [4.78, 5) is 43.9. The van der Waals surface area contributed by atoms with Crippen LogP contribution in [-0.4, -0.2) is 70.7 Å². The van der Waals surface area contributed by atoms with Gasteiger partial charge >= 0.3 is 0 Å². The van der Waals surface area contributed by atoms with E-state index in [1.807, 2.05) is 11.0 Å². The highest BCUT2D eigenvalue weighted by Crippen LogP contribution is 2.38. The van der Waals surface area contributed by atoms with Crippen LogP contribution in [0.2, 0.25) is 0 Å². The van der Waals surface area contributed by atoms with E-state index in [9.17, 15) is 19.7 Å². The van der Waals surface area contributed by atoms with Gasteiger partial charge in [-0.05, 0) is 47.5 Å². The van der Waals surface area contributed by atoms with E-state index in [4.69, 9.17) is 0 Å². The number of carbonyl (C=O) groups is 2. The number of rotatable bonds is 5. The van der Waals surface area contributed by atoms with Crippen LogP contribution in [0.4, 0.5) is 5.69 Å². The van der Waals surface area contributed by atoms with Crippen molar-refractivity contribution in [2.45, 2.75) is 19.4 Å². The normalized spacial score (nSPS) is 18.1. The lowest BCUT2D eigenvalue weighted by atomic mass is 9.90. The second-order valence-corrected chi connectivity index (χ2v) is 10.3. The molecule has 1 aromatic heterocycles. The zero-order chi connectivity index (χ0) is 25.2. The SMILES string of the molecule is Cc1ccccc1[C@@H]1c2ccsc2CCN1CC(=O)N1CCN(C(=O)c2cccc([N+](=O)[O-])c2)CC1. The Balaban J connectivity index is 1.25. The standard InChI is InChI=1S/C27H28N4O4S/c1-19-5-2-3-8-22(19)26-23-10-16-36-24(23)9-11-30(26)18-25(32)28-12-14-29(15-13-28)27(33)20-6-4-7-21(17-20)31(34)35/h2-8,10,16-17,26H,9,11-15,18H2,1H3/t26-/m1/s1. The van der Waals surface area contributed by atoms with Gasteiger partial charge in [0.15, 0.2) is 0 Å². The first-order chi connectivity index (χ1) is 17.4. The third kappa shape index (κ3) is 4.76. The Morgan fingerprint density at radius 1 is 0.972 bits per heavy atom. The van der Waals surface area contributed by atoms with Gasteiger partial charge in [-0.3, -0.25) is 24.6 Å². The Bertz CT molecular complexity index is 1300. The molecular formula is C27H28N4O4S. The summed E-state index contributed by atoms with van der Waals surface area (Å²) in [6.07, 6.45) is 0.939. The number of non-ortho nitro benzene ring substituents is 1. The molecule has 1 fully saturated rings. The van der Waals surface area contributed by atoms with Gasteiger partial charge in [0, 0.05) is 55.3 Å². The number of amides is 2. The minimum Gasteiger partial charge on any atom is -0.338 e. The fraction of sp³-hybridized carbons (Fsp3) is 0.333. The molecule has 5 rings (SSSR count). The van der Waals surface area contributed by atoms with Crippen molar-refractivity contribution in [3.63, 3.8) is 0 Å². The number of nitro groups is 1. The van der Waals surface area contributed by atoms with Crippen LogP contribution >= 0.6 is 11.3 Å². The summed E-state index contributed by atoms with van der Waals surface area (Å²) in [6.45, 7) is 4.98. The molecule has 36 heavy (non-hydrogen) atoms. The molecule has 0 spiro atoms. The Morgan fingerprint density at radius 2 is 1.72 bits per heavy atom. The van der Waals surface area contributed by atoms with E-state index in [2.05, 4.69) is 41.5 Å². The second-order valence-electron chi connectivity index (χ2n) is 9.26. The summed E-state index contributed by atoms with van der Waals surface area (Å²) in [6, 6.07) is 16.4. The topological polar surface area (TPSA) is 87.0 Å². The van der Waals surface area contributed by atoms with Crippen molar-refractivity contribution in [1.29, 1.82) is 0 Å². The number of fused-ring (bicyclic) bond motifs is 1. The lowest BCUT2D eigenvalue weighted by molar-refractivity contribution is -0.384. The van der Waals surface area contributed by atoms with Crippen LogP contribution in [0.5, 0.6) is 0 Å². The number of benzene rings is 2. The molecule has 0 aliphatic carbocycles. The Labute approximate surface area is 213 Å². The van der Waals surface area contributed by atoms with Crippen LogP contribution in [0, 0.1) is 17.0 Å². The van der Waals surface area contributed by atoms with Gasteiger partial charge in [0.2, 0.25) is 5.91 Å². The van der Waals surface area contributed by atoms with Gasteiger partial charge in [0.25, 0.3) is 11.6 Å². The summed E-state index contributed by atoms with van der Waals surface area (Å²) in [5.41, 5.74) is 3.93. The van der Waals surface area contributed by atoms with Gasteiger partial charge in [0.05, 0.1) is 17.5 Å². The Kier molecular flexibility index (Phi) is 6.84. The maximum absolute atomic E-state index is 13.4. The molecular weight excluding hydrogens is 476 g/mol. The van der Waals surface area contributed by atoms with E-state index in [1.165, 1.54) is 39.8 Å². The predicted molar refractivity (Wildman–Crippen MR) is 138 cm³/mol. The molecule has 0 saturated carbocycles. The monoisotopic (exact) mass is 504 g/mol. The third-order valence-electron chi connectivity index (χ3n) is 7.11. The maximum Gasteiger partial charge on any atom is 0.270 e. The average molecular weight is 505 g/mol. The molecule has 0 N–H and O–H groups in total. The van der Waals surface area contributed by atoms with Crippen LogP contribution in [0.3, 0.4) is 0 Å². The molecule has 2 aliphatic heterocycles. The van der Waals surface area contributed by atoms with E-state index in [1.54, 1.807) is 22.3 Å². The fourth-order valence-electron chi connectivity index (χ4n) is 5.16. The average Bonchev–Trinajstić information content (AvgIpc) is 3.38. The zero-order valence-corrected chi connectivity index (χ0v) is 20.9. The highest BCUT2D eigenvalue weighted by atomic mass is 32.1. The van der Waals surface area contributed by atoms with Gasteiger partial charge in [-0.1, -0.05) is 30.3 Å². The van der Waals surface area contributed by atoms with Crippen molar-refractivity contribution in [3.8, 4) is 0 Å². The minimum atomic E-state index is -0.503. The summed E-state index contributed by atoms with van der Waals surface area (Å²) in [7, 11) is 0. The molecule has 0 unspecified atom stereocenters. The van der Waals surface area contributed by atoms with E-state index in [-0.39, 0.29) is 23.5 Å². The summed E-state index contributed by atoms with van der Waals surface area (Å²) in [5.74, 6) is -0.179.